The SMILES string of the molecule is CC(C)c1cccc(C(C)C)c1-n1c(-c2cccc3c2C(C)(C)c2ncccc2-3)nc2ccccc21. The number of nitrogens with zero attached hydrogens (tertiary/aromatic N) is 3. The number of pyridine rings is 1. The summed E-state index contributed by atoms with van der Waals surface area (Å²) in [7, 11) is 0. The summed E-state index contributed by atoms with van der Waals surface area (Å²) in [6.07, 6.45) is 1.91. The Kier molecular flexibility index (Phi) is 5.15. The van der Waals surface area contributed by atoms with Crippen LogP contribution in [0.1, 0.15) is 75.8 Å². The van der Waals surface area contributed by atoms with Crippen LogP contribution in [-0.2, 0) is 5.41 Å². The van der Waals surface area contributed by atoms with E-state index in [-0.39, 0.29) is 5.41 Å². The maximum atomic E-state index is 5.31. The van der Waals surface area contributed by atoms with Gasteiger partial charge < -0.3 is 0 Å². The Hall–Kier alpha value is -3.72. The second-order valence-corrected chi connectivity index (χ2v) is 11.1. The molecule has 3 nitrogen and oxygen atoms in total. The number of benzene rings is 3. The molecule has 180 valence electrons. The second kappa shape index (κ2) is 8.16. The predicted octanol–water partition coefficient (Wildman–Crippen LogP) is 8.64. The third-order valence-electron chi connectivity index (χ3n) is 7.75. The van der Waals surface area contributed by atoms with Crippen LogP contribution in [0.25, 0.3) is 39.2 Å². The van der Waals surface area contributed by atoms with Crippen molar-refractivity contribution >= 4 is 11.0 Å². The standard InChI is InChI=1S/C33H33N3/c1-20(2)22-12-9-13-23(21(3)4)30(22)36-28-18-8-7-17-27(28)35-32(36)26-15-10-14-24-25-16-11-19-34-31(25)33(5,6)29(24)26/h7-21H,1-6H3. The predicted molar refractivity (Wildman–Crippen MR) is 150 cm³/mol. The van der Waals surface area contributed by atoms with Crippen LogP contribution in [0.3, 0.4) is 0 Å². The number of hydrogen-bond acceptors (Lipinski definition) is 2. The highest BCUT2D eigenvalue weighted by atomic mass is 15.1. The third-order valence-corrected chi connectivity index (χ3v) is 7.75. The molecule has 1 aliphatic rings. The molecule has 6 rings (SSSR count). The van der Waals surface area contributed by atoms with E-state index in [4.69, 9.17) is 9.97 Å². The summed E-state index contributed by atoms with van der Waals surface area (Å²) < 4.78 is 2.43. The van der Waals surface area contributed by atoms with E-state index in [1.165, 1.54) is 39.1 Å². The van der Waals surface area contributed by atoms with Gasteiger partial charge in [0, 0.05) is 22.7 Å². The van der Waals surface area contributed by atoms with Crippen LogP contribution in [0, 0.1) is 0 Å². The van der Waals surface area contributed by atoms with Gasteiger partial charge >= 0.3 is 0 Å². The summed E-state index contributed by atoms with van der Waals surface area (Å²) in [5.74, 6) is 1.78. The first kappa shape index (κ1) is 22.7. The molecule has 0 spiro atoms. The lowest BCUT2D eigenvalue weighted by atomic mass is 9.82. The summed E-state index contributed by atoms with van der Waals surface area (Å²) in [6.45, 7) is 13.7. The molecule has 5 aromatic rings. The lowest BCUT2D eigenvalue weighted by Gasteiger charge is -2.25. The van der Waals surface area contributed by atoms with E-state index in [9.17, 15) is 0 Å². The molecule has 0 radical (unpaired) electrons. The van der Waals surface area contributed by atoms with E-state index < -0.39 is 0 Å². The van der Waals surface area contributed by atoms with Gasteiger partial charge in [-0.2, -0.15) is 0 Å². The fraction of sp³-hybridized carbons (Fsp3) is 0.273. The Morgan fingerprint density at radius 1 is 0.694 bits per heavy atom. The number of para-hydroxylation sites is 3. The van der Waals surface area contributed by atoms with Gasteiger partial charge in [0.2, 0.25) is 0 Å². The molecule has 0 aliphatic heterocycles. The van der Waals surface area contributed by atoms with E-state index in [2.05, 4.69) is 113 Å². The van der Waals surface area contributed by atoms with E-state index in [1.54, 1.807) is 0 Å². The zero-order chi connectivity index (χ0) is 25.2. The highest BCUT2D eigenvalue weighted by Crippen LogP contribution is 2.51. The fourth-order valence-electron chi connectivity index (χ4n) is 6.08. The largest absolute Gasteiger partial charge is 0.292 e. The van der Waals surface area contributed by atoms with Gasteiger partial charge in [0.25, 0.3) is 0 Å². The number of aromatic nitrogens is 3. The van der Waals surface area contributed by atoms with Gasteiger partial charge in [-0.05, 0) is 52.3 Å². The first-order chi connectivity index (χ1) is 17.3. The van der Waals surface area contributed by atoms with Gasteiger partial charge in [0.1, 0.15) is 5.82 Å². The minimum atomic E-state index is -0.218. The minimum Gasteiger partial charge on any atom is -0.292 e. The summed E-state index contributed by atoms with van der Waals surface area (Å²) in [5.41, 5.74) is 12.0. The molecule has 1 aliphatic carbocycles. The lowest BCUT2D eigenvalue weighted by Crippen LogP contribution is -2.18. The molecule has 0 bridgehead atoms. The Bertz CT molecular complexity index is 1590. The first-order valence-corrected chi connectivity index (χ1v) is 13.0. The van der Waals surface area contributed by atoms with Crippen LogP contribution in [0.4, 0.5) is 0 Å². The molecule has 2 heterocycles. The van der Waals surface area contributed by atoms with Crippen molar-refractivity contribution in [1.82, 2.24) is 14.5 Å². The summed E-state index contributed by atoms with van der Waals surface area (Å²) in [6, 6.07) is 26.2. The minimum absolute atomic E-state index is 0.218. The van der Waals surface area contributed by atoms with Crippen molar-refractivity contribution in [2.75, 3.05) is 0 Å². The molecule has 0 saturated carbocycles. The quantitative estimate of drug-likeness (QED) is 0.263. The van der Waals surface area contributed by atoms with Crippen molar-refractivity contribution < 1.29 is 0 Å². The molecular weight excluding hydrogens is 438 g/mol. The molecular formula is C33H33N3. The van der Waals surface area contributed by atoms with Crippen molar-refractivity contribution in [3.63, 3.8) is 0 Å². The number of hydrogen-bond donors (Lipinski definition) is 0. The van der Waals surface area contributed by atoms with Crippen molar-refractivity contribution in [3.8, 4) is 28.2 Å². The van der Waals surface area contributed by atoms with Crippen LogP contribution in [0.5, 0.6) is 0 Å². The lowest BCUT2D eigenvalue weighted by molar-refractivity contribution is 0.637. The van der Waals surface area contributed by atoms with Crippen molar-refractivity contribution in [3.05, 3.63) is 101 Å². The molecule has 36 heavy (non-hydrogen) atoms. The van der Waals surface area contributed by atoms with Gasteiger partial charge in [-0.1, -0.05) is 96.1 Å². The van der Waals surface area contributed by atoms with Crippen molar-refractivity contribution in [1.29, 1.82) is 0 Å². The van der Waals surface area contributed by atoms with E-state index >= 15 is 0 Å². The fourth-order valence-corrected chi connectivity index (χ4v) is 6.08. The average Bonchev–Trinajstić information content (AvgIpc) is 3.37. The van der Waals surface area contributed by atoms with Gasteiger partial charge in [-0.25, -0.2) is 4.98 Å². The Balaban J connectivity index is 1.74. The van der Waals surface area contributed by atoms with Crippen LogP contribution in [0.2, 0.25) is 0 Å². The Labute approximate surface area is 213 Å². The highest BCUT2D eigenvalue weighted by Gasteiger charge is 2.39. The maximum absolute atomic E-state index is 5.31. The van der Waals surface area contributed by atoms with Gasteiger partial charge in [-0.15, -0.1) is 0 Å². The Morgan fingerprint density at radius 2 is 1.33 bits per heavy atom. The third kappa shape index (κ3) is 3.19. The molecule has 0 amide bonds. The topological polar surface area (TPSA) is 30.7 Å². The van der Waals surface area contributed by atoms with E-state index in [0.29, 0.717) is 11.8 Å². The second-order valence-electron chi connectivity index (χ2n) is 11.1. The molecule has 3 heteroatoms. The molecule has 0 atom stereocenters. The van der Waals surface area contributed by atoms with Crippen LogP contribution in [0.15, 0.2) is 79.0 Å². The van der Waals surface area contributed by atoms with Gasteiger partial charge in [0.05, 0.1) is 22.4 Å². The van der Waals surface area contributed by atoms with E-state index in [1.807, 2.05) is 12.3 Å². The first-order valence-electron chi connectivity index (χ1n) is 13.0. The Morgan fingerprint density at radius 3 is 2.06 bits per heavy atom. The van der Waals surface area contributed by atoms with Gasteiger partial charge in [0.15, 0.2) is 0 Å². The zero-order valence-electron chi connectivity index (χ0n) is 22.0. The molecule has 0 saturated heterocycles. The smallest absolute Gasteiger partial charge is 0.146 e. The average molecular weight is 472 g/mol. The summed E-state index contributed by atoms with van der Waals surface area (Å²) in [4.78, 5) is 10.1. The molecule has 0 unspecified atom stereocenters. The molecule has 3 aromatic carbocycles. The van der Waals surface area contributed by atoms with Crippen LogP contribution < -0.4 is 0 Å². The van der Waals surface area contributed by atoms with E-state index in [0.717, 1.165) is 22.6 Å². The highest BCUT2D eigenvalue weighted by molar-refractivity contribution is 5.90. The maximum Gasteiger partial charge on any atom is 0.146 e. The monoisotopic (exact) mass is 471 g/mol. The van der Waals surface area contributed by atoms with Crippen LogP contribution >= 0.6 is 0 Å². The number of rotatable bonds is 4. The molecule has 0 N–H and O–H groups in total. The normalized spacial score (nSPS) is 14.0. The number of imidazole rings is 1. The number of fused-ring (bicyclic) bond motifs is 4. The molecule has 2 aromatic heterocycles. The molecule has 0 fully saturated rings. The zero-order valence-corrected chi connectivity index (χ0v) is 22.0. The van der Waals surface area contributed by atoms with Gasteiger partial charge in [-0.3, -0.25) is 9.55 Å². The van der Waals surface area contributed by atoms with Crippen molar-refractivity contribution in [2.24, 2.45) is 0 Å². The summed E-state index contributed by atoms with van der Waals surface area (Å²) >= 11 is 0. The summed E-state index contributed by atoms with van der Waals surface area (Å²) in [5, 5.41) is 0. The van der Waals surface area contributed by atoms with Crippen LogP contribution in [-0.4, -0.2) is 14.5 Å². The van der Waals surface area contributed by atoms with Crippen molar-refractivity contribution in [2.45, 2.75) is 58.8 Å².